The zero-order valence-corrected chi connectivity index (χ0v) is 25.6. The summed E-state index contributed by atoms with van der Waals surface area (Å²) in [4.78, 5) is 9.87. The molecule has 0 N–H and O–H groups in total. The van der Waals surface area contributed by atoms with Gasteiger partial charge in [0, 0.05) is 37.5 Å². The number of aromatic nitrogens is 2. The molecule has 0 atom stereocenters. The van der Waals surface area contributed by atoms with E-state index in [4.69, 9.17) is 4.98 Å². The van der Waals surface area contributed by atoms with Gasteiger partial charge in [0.05, 0.1) is 28.0 Å². The van der Waals surface area contributed by atoms with Crippen LogP contribution >= 0.6 is 11.8 Å². The summed E-state index contributed by atoms with van der Waals surface area (Å²) in [6.07, 6.45) is -4.43. The molecule has 0 saturated heterocycles. The van der Waals surface area contributed by atoms with Crippen LogP contribution in [-0.4, -0.2) is 9.55 Å². The number of nitrogens with zero attached hydrogens (tertiary/aromatic N) is 3. The third kappa shape index (κ3) is 4.42. The van der Waals surface area contributed by atoms with Crippen LogP contribution in [0.3, 0.4) is 0 Å². The molecule has 0 aliphatic carbocycles. The fraction of sp³-hybridized carbons (Fsp3) is 0.0250. The number of para-hydroxylation sites is 2. The average Bonchev–Trinajstić information content (AvgIpc) is 3.52. The number of benzene rings is 7. The predicted octanol–water partition coefficient (Wildman–Crippen LogP) is 12.0. The monoisotopic (exact) mass is 635 g/mol. The second kappa shape index (κ2) is 10.5. The van der Waals surface area contributed by atoms with E-state index < -0.39 is 11.7 Å². The third-order valence-corrected chi connectivity index (χ3v) is 9.93. The highest BCUT2D eigenvalue weighted by Gasteiger charge is 2.30. The Morgan fingerprint density at radius 1 is 0.511 bits per heavy atom. The fourth-order valence-corrected chi connectivity index (χ4v) is 7.75. The van der Waals surface area contributed by atoms with Gasteiger partial charge in [0.2, 0.25) is 0 Å². The van der Waals surface area contributed by atoms with E-state index in [2.05, 4.69) is 102 Å². The number of rotatable bonds is 3. The van der Waals surface area contributed by atoms with Crippen LogP contribution in [0.1, 0.15) is 5.56 Å². The zero-order chi connectivity index (χ0) is 31.7. The zero-order valence-electron chi connectivity index (χ0n) is 24.7. The van der Waals surface area contributed by atoms with Gasteiger partial charge in [0.15, 0.2) is 0 Å². The summed E-state index contributed by atoms with van der Waals surface area (Å²) in [6, 6.07) is 46.7. The molecule has 47 heavy (non-hydrogen) atoms. The SMILES string of the molecule is FC(F)(F)c1ccc(-n2c(-c3ccc(N4c5ccccc5Sc5ccccc54)cc3)nc3c4ccccc4c4ccccc4c32)cc1. The van der Waals surface area contributed by atoms with E-state index >= 15 is 0 Å². The van der Waals surface area contributed by atoms with E-state index in [1.807, 2.05) is 28.8 Å². The Labute approximate surface area is 272 Å². The van der Waals surface area contributed by atoms with Crippen molar-refractivity contribution in [3.05, 3.63) is 151 Å². The second-order valence-electron chi connectivity index (χ2n) is 11.5. The molecule has 7 aromatic carbocycles. The molecule has 0 saturated carbocycles. The number of alkyl halides is 3. The lowest BCUT2D eigenvalue weighted by Crippen LogP contribution is -2.14. The first-order chi connectivity index (χ1) is 23.0. The third-order valence-electron chi connectivity index (χ3n) is 8.80. The van der Waals surface area contributed by atoms with Crippen LogP contribution in [0.25, 0.3) is 49.7 Å². The quantitative estimate of drug-likeness (QED) is 0.180. The van der Waals surface area contributed by atoms with E-state index in [1.165, 1.54) is 21.9 Å². The lowest BCUT2D eigenvalue weighted by Gasteiger charge is -2.32. The van der Waals surface area contributed by atoms with Gasteiger partial charge in [0.25, 0.3) is 0 Å². The summed E-state index contributed by atoms with van der Waals surface area (Å²) in [5.41, 5.74) is 5.65. The van der Waals surface area contributed by atoms with E-state index in [0.717, 1.165) is 67.3 Å². The van der Waals surface area contributed by atoms with Gasteiger partial charge < -0.3 is 4.90 Å². The van der Waals surface area contributed by atoms with E-state index in [9.17, 15) is 13.2 Å². The van der Waals surface area contributed by atoms with Crippen LogP contribution in [0, 0.1) is 0 Å². The highest BCUT2D eigenvalue weighted by molar-refractivity contribution is 7.99. The summed E-state index contributed by atoms with van der Waals surface area (Å²) >= 11 is 1.76. The van der Waals surface area contributed by atoms with Gasteiger partial charge in [0.1, 0.15) is 5.82 Å². The summed E-state index contributed by atoms with van der Waals surface area (Å²) in [6.45, 7) is 0. The summed E-state index contributed by atoms with van der Waals surface area (Å²) in [5.74, 6) is 0.655. The first kappa shape index (κ1) is 27.8. The minimum atomic E-state index is -4.43. The van der Waals surface area contributed by atoms with Gasteiger partial charge in [-0.2, -0.15) is 13.2 Å². The Hall–Kier alpha value is -5.53. The Kier molecular flexibility index (Phi) is 6.20. The Balaban J connectivity index is 1.28. The first-order valence-corrected chi connectivity index (χ1v) is 16.0. The molecule has 9 rings (SSSR count). The maximum atomic E-state index is 13.6. The summed E-state index contributed by atoms with van der Waals surface area (Å²) in [7, 11) is 0. The van der Waals surface area contributed by atoms with Crippen molar-refractivity contribution in [2.45, 2.75) is 16.0 Å². The molecule has 1 aromatic heterocycles. The van der Waals surface area contributed by atoms with Crippen LogP contribution < -0.4 is 4.90 Å². The molecule has 0 unspecified atom stereocenters. The molecule has 1 aliphatic heterocycles. The number of fused-ring (bicyclic) bond motifs is 8. The van der Waals surface area contributed by atoms with Crippen LogP contribution in [0.5, 0.6) is 0 Å². The largest absolute Gasteiger partial charge is 0.416 e. The minimum Gasteiger partial charge on any atom is -0.308 e. The molecule has 2 heterocycles. The molecule has 226 valence electrons. The van der Waals surface area contributed by atoms with Crippen LogP contribution in [0.2, 0.25) is 0 Å². The van der Waals surface area contributed by atoms with Crippen molar-refractivity contribution in [3.8, 4) is 17.1 Å². The van der Waals surface area contributed by atoms with E-state index in [-0.39, 0.29) is 0 Å². The smallest absolute Gasteiger partial charge is 0.308 e. The van der Waals surface area contributed by atoms with Crippen molar-refractivity contribution < 1.29 is 13.2 Å². The van der Waals surface area contributed by atoms with Crippen molar-refractivity contribution >= 4 is 61.4 Å². The predicted molar refractivity (Wildman–Crippen MR) is 185 cm³/mol. The second-order valence-corrected chi connectivity index (χ2v) is 12.6. The summed E-state index contributed by atoms with van der Waals surface area (Å²) in [5, 5.41) is 4.11. The molecule has 0 radical (unpaired) electrons. The molecule has 0 fully saturated rings. The average molecular weight is 636 g/mol. The van der Waals surface area contributed by atoms with Crippen molar-refractivity contribution in [2.24, 2.45) is 0 Å². The van der Waals surface area contributed by atoms with Gasteiger partial charge in [-0.1, -0.05) is 84.6 Å². The highest BCUT2D eigenvalue weighted by atomic mass is 32.2. The number of hydrogen-bond acceptors (Lipinski definition) is 3. The highest BCUT2D eigenvalue weighted by Crippen LogP contribution is 2.51. The van der Waals surface area contributed by atoms with Crippen LogP contribution in [-0.2, 0) is 6.18 Å². The molecule has 0 spiro atoms. The first-order valence-electron chi connectivity index (χ1n) is 15.2. The van der Waals surface area contributed by atoms with Gasteiger partial charge in [-0.05, 0) is 83.6 Å². The Morgan fingerprint density at radius 2 is 1.02 bits per heavy atom. The van der Waals surface area contributed by atoms with Crippen LogP contribution in [0.15, 0.2) is 155 Å². The minimum absolute atomic E-state index is 0.607. The number of imidazole rings is 1. The van der Waals surface area contributed by atoms with Gasteiger partial charge in [-0.3, -0.25) is 4.57 Å². The fourth-order valence-electron chi connectivity index (χ4n) is 6.69. The van der Waals surface area contributed by atoms with Crippen LogP contribution in [0.4, 0.5) is 30.2 Å². The summed E-state index contributed by atoms with van der Waals surface area (Å²) < 4.78 is 42.8. The number of hydrogen-bond donors (Lipinski definition) is 0. The van der Waals surface area contributed by atoms with Crippen molar-refractivity contribution in [3.63, 3.8) is 0 Å². The molecular formula is C40H24F3N3S. The molecule has 0 amide bonds. The lowest BCUT2D eigenvalue weighted by molar-refractivity contribution is -0.137. The molecular weight excluding hydrogens is 612 g/mol. The molecule has 3 nitrogen and oxygen atoms in total. The molecule has 1 aliphatic rings. The maximum Gasteiger partial charge on any atom is 0.416 e. The van der Waals surface area contributed by atoms with Gasteiger partial charge in [-0.15, -0.1) is 0 Å². The van der Waals surface area contributed by atoms with Gasteiger partial charge >= 0.3 is 6.18 Å². The molecule has 8 aromatic rings. The van der Waals surface area contributed by atoms with E-state index in [0.29, 0.717) is 11.5 Å². The normalized spacial score (nSPS) is 12.9. The molecule has 0 bridgehead atoms. The van der Waals surface area contributed by atoms with Crippen molar-refractivity contribution in [1.82, 2.24) is 9.55 Å². The Morgan fingerprint density at radius 3 is 1.64 bits per heavy atom. The number of anilines is 3. The maximum absolute atomic E-state index is 13.6. The van der Waals surface area contributed by atoms with Gasteiger partial charge in [-0.25, -0.2) is 4.98 Å². The van der Waals surface area contributed by atoms with Crippen molar-refractivity contribution in [1.29, 1.82) is 0 Å². The standard InChI is InChI=1S/C40H24F3N3S/c41-40(42,43)26-19-23-28(24-20-26)46-38-32-12-4-2-10-30(32)29-9-1-3-11-31(29)37(38)44-39(46)25-17-21-27(22-18-25)45-33-13-5-7-15-35(33)47-36-16-8-6-14-34(36)45/h1-24H. The lowest BCUT2D eigenvalue weighted by atomic mass is 10.00. The topological polar surface area (TPSA) is 21.1 Å². The Bertz CT molecular complexity index is 2440. The number of halogens is 3. The van der Waals surface area contributed by atoms with E-state index in [1.54, 1.807) is 11.8 Å². The van der Waals surface area contributed by atoms with Crippen molar-refractivity contribution in [2.75, 3.05) is 4.90 Å². The molecule has 7 heteroatoms.